The standard InChI is InChI=1S/C8H3BrClFN2/c9-7-4(11)1-2-5-8(7)12-3-6(10)13-5/h1-3H. The third-order valence-corrected chi connectivity index (χ3v) is 2.51. The van der Waals surface area contributed by atoms with Gasteiger partial charge in [-0.3, -0.25) is 4.98 Å². The molecule has 2 rings (SSSR count). The van der Waals surface area contributed by atoms with E-state index in [1.165, 1.54) is 18.3 Å². The summed E-state index contributed by atoms with van der Waals surface area (Å²) in [5.74, 6) is -0.357. The fourth-order valence-corrected chi connectivity index (χ4v) is 1.58. The van der Waals surface area contributed by atoms with Crippen molar-refractivity contribution >= 4 is 38.6 Å². The van der Waals surface area contributed by atoms with E-state index in [1.54, 1.807) is 0 Å². The van der Waals surface area contributed by atoms with Gasteiger partial charge < -0.3 is 0 Å². The van der Waals surface area contributed by atoms with Crippen LogP contribution in [0, 0.1) is 5.82 Å². The number of hydrogen-bond acceptors (Lipinski definition) is 2. The van der Waals surface area contributed by atoms with Gasteiger partial charge in [0.05, 0.1) is 16.2 Å². The summed E-state index contributed by atoms with van der Waals surface area (Å²) in [4.78, 5) is 7.94. The number of fused-ring (bicyclic) bond motifs is 1. The Morgan fingerprint density at radius 1 is 1.38 bits per heavy atom. The lowest BCUT2D eigenvalue weighted by Gasteiger charge is -1.99. The predicted molar refractivity (Wildman–Crippen MR) is 52.2 cm³/mol. The fraction of sp³-hybridized carbons (Fsp3) is 0. The summed E-state index contributed by atoms with van der Waals surface area (Å²) in [5, 5.41) is 0.297. The normalized spacial score (nSPS) is 10.7. The molecule has 0 aliphatic carbocycles. The maximum atomic E-state index is 13.0. The molecule has 0 saturated heterocycles. The average molecular weight is 261 g/mol. The molecule has 13 heavy (non-hydrogen) atoms. The maximum absolute atomic E-state index is 13.0. The molecular weight excluding hydrogens is 258 g/mol. The van der Waals surface area contributed by atoms with Gasteiger partial charge in [-0.2, -0.15) is 0 Å². The van der Waals surface area contributed by atoms with Crippen molar-refractivity contribution in [3.8, 4) is 0 Å². The van der Waals surface area contributed by atoms with Crippen LogP contribution in [0.15, 0.2) is 22.8 Å². The minimum absolute atomic E-state index is 0.297. The van der Waals surface area contributed by atoms with E-state index in [4.69, 9.17) is 11.6 Å². The molecule has 0 atom stereocenters. The van der Waals surface area contributed by atoms with Crippen LogP contribution in [-0.2, 0) is 0 Å². The van der Waals surface area contributed by atoms with Gasteiger partial charge in [-0.1, -0.05) is 11.6 Å². The Labute approximate surface area is 86.9 Å². The molecule has 0 unspecified atom stereocenters. The molecule has 0 aliphatic rings. The fourth-order valence-electron chi connectivity index (χ4n) is 1.00. The molecule has 0 bridgehead atoms. The first kappa shape index (κ1) is 8.84. The number of hydrogen-bond donors (Lipinski definition) is 0. The van der Waals surface area contributed by atoms with Crippen molar-refractivity contribution in [3.63, 3.8) is 0 Å². The maximum Gasteiger partial charge on any atom is 0.148 e. The first-order chi connectivity index (χ1) is 6.18. The molecule has 0 fully saturated rings. The molecule has 0 radical (unpaired) electrons. The topological polar surface area (TPSA) is 25.8 Å². The summed E-state index contributed by atoms with van der Waals surface area (Å²) in [7, 11) is 0. The van der Waals surface area contributed by atoms with Gasteiger partial charge in [0.2, 0.25) is 0 Å². The van der Waals surface area contributed by atoms with Gasteiger partial charge in [-0.05, 0) is 28.1 Å². The highest BCUT2D eigenvalue weighted by atomic mass is 79.9. The van der Waals surface area contributed by atoms with Gasteiger partial charge in [0, 0.05) is 0 Å². The van der Waals surface area contributed by atoms with E-state index >= 15 is 0 Å². The highest BCUT2D eigenvalue weighted by molar-refractivity contribution is 9.10. The predicted octanol–water partition coefficient (Wildman–Crippen LogP) is 3.18. The molecule has 2 nitrogen and oxygen atoms in total. The van der Waals surface area contributed by atoms with Crippen LogP contribution in [-0.4, -0.2) is 9.97 Å². The zero-order chi connectivity index (χ0) is 9.42. The lowest BCUT2D eigenvalue weighted by atomic mass is 10.3. The lowest BCUT2D eigenvalue weighted by molar-refractivity contribution is 0.623. The van der Waals surface area contributed by atoms with Crippen LogP contribution in [0.5, 0.6) is 0 Å². The summed E-state index contributed by atoms with van der Waals surface area (Å²) in [6.07, 6.45) is 1.38. The van der Waals surface area contributed by atoms with Crippen LogP contribution in [0.25, 0.3) is 11.0 Å². The first-order valence-corrected chi connectivity index (χ1v) is 4.62. The minimum atomic E-state index is -0.357. The second-order valence-corrected chi connectivity index (χ2v) is 3.60. The van der Waals surface area contributed by atoms with E-state index in [2.05, 4.69) is 25.9 Å². The molecule has 0 spiro atoms. The number of benzene rings is 1. The smallest absolute Gasteiger partial charge is 0.148 e. The summed E-state index contributed by atoms with van der Waals surface area (Å²) in [5.41, 5.74) is 1.05. The first-order valence-electron chi connectivity index (χ1n) is 3.45. The molecule has 2 aromatic rings. The highest BCUT2D eigenvalue weighted by Gasteiger charge is 2.06. The Kier molecular flexibility index (Phi) is 2.17. The number of nitrogens with zero attached hydrogens (tertiary/aromatic N) is 2. The van der Waals surface area contributed by atoms with Crippen molar-refractivity contribution in [2.24, 2.45) is 0 Å². The van der Waals surface area contributed by atoms with Crippen molar-refractivity contribution in [2.75, 3.05) is 0 Å². The van der Waals surface area contributed by atoms with Crippen LogP contribution in [0.1, 0.15) is 0 Å². The Morgan fingerprint density at radius 3 is 2.92 bits per heavy atom. The molecule has 1 aromatic carbocycles. The van der Waals surface area contributed by atoms with Crippen molar-refractivity contribution in [2.45, 2.75) is 0 Å². The van der Waals surface area contributed by atoms with Crippen molar-refractivity contribution in [1.82, 2.24) is 9.97 Å². The minimum Gasteiger partial charge on any atom is -0.250 e. The second-order valence-electron chi connectivity index (χ2n) is 2.42. The van der Waals surface area contributed by atoms with E-state index < -0.39 is 0 Å². The van der Waals surface area contributed by atoms with Gasteiger partial charge in [0.1, 0.15) is 16.5 Å². The van der Waals surface area contributed by atoms with E-state index in [0.717, 1.165) is 0 Å². The van der Waals surface area contributed by atoms with E-state index in [0.29, 0.717) is 20.7 Å². The number of aromatic nitrogens is 2. The van der Waals surface area contributed by atoms with E-state index in [1.807, 2.05) is 0 Å². The molecule has 1 heterocycles. The van der Waals surface area contributed by atoms with E-state index in [9.17, 15) is 4.39 Å². The Balaban J connectivity index is 2.87. The largest absolute Gasteiger partial charge is 0.250 e. The highest BCUT2D eigenvalue weighted by Crippen LogP contribution is 2.24. The average Bonchev–Trinajstić information content (AvgIpc) is 2.12. The monoisotopic (exact) mass is 260 g/mol. The third kappa shape index (κ3) is 1.51. The van der Waals surface area contributed by atoms with Gasteiger partial charge in [-0.15, -0.1) is 0 Å². The van der Waals surface area contributed by atoms with Crippen LogP contribution >= 0.6 is 27.5 Å². The summed E-state index contributed by atoms with van der Waals surface area (Å²) in [6, 6.07) is 2.85. The third-order valence-electron chi connectivity index (χ3n) is 1.58. The zero-order valence-corrected chi connectivity index (χ0v) is 8.60. The summed E-state index contributed by atoms with van der Waals surface area (Å²) >= 11 is 8.71. The number of halogens is 3. The molecule has 0 N–H and O–H groups in total. The van der Waals surface area contributed by atoms with Crippen LogP contribution in [0.2, 0.25) is 5.15 Å². The zero-order valence-electron chi connectivity index (χ0n) is 6.26. The van der Waals surface area contributed by atoms with Gasteiger partial charge in [0.15, 0.2) is 0 Å². The van der Waals surface area contributed by atoms with Crippen molar-refractivity contribution in [3.05, 3.63) is 33.8 Å². The molecule has 0 saturated carbocycles. The molecule has 1 aromatic heterocycles. The van der Waals surface area contributed by atoms with Crippen LogP contribution < -0.4 is 0 Å². The molecule has 66 valence electrons. The van der Waals surface area contributed by atoms with Crippen LogP contribution in [0.3, 0.4) is 0 Å². The Morgan fingerprint density at radius 2 is 2.15 bits per heavy atom. The molecular formula is C8H3BrClFN2. The van der Waals surface area contributed by atoms with Gasteiger partial charge in [-0.25, -0.2) is 9.37 Å². The lowest BCUT2D eigenvalue weighted by Crippen LogP contribution is -1.87. The van der Waals surface area contributed by atoms with Crippen molar-refractivity contribution < 1.29 is 4.39 Å². The Bertz CT molecular complexity index is 475. The second kappa shape index (κ2) is 3.20. The van der Waals surface area contributed by atoms with E-state index in [-0.39, 0.29) is 5.82 Å². The molecule has 0 aliphatic heterocycles. The van der Waals surface area contributed by atoms with Crippen molar-refractivity contribution in [1.29, 1.82) is 0 Å². The number of rotatable bonds is 0. The quantitative estimate of drug-likeness (QED) is 0.728. The van der Waals surface area contributed by atoms with Crippen LogP contribution in [0.4, 0.5) is 4.39 Å². The van der Waals surface area contributed by atoms with Gasteiger partial charge >= 0.3 is 0 Å². The summed E-state index contributed by atoms with van der Waals surface area (Å²) < 4.78 is 13.3. The molecule has 0 amide bonds. The summed E-state index contributed by atoms with van der Waals surface area (Å²) in [6.45, 7) is 0. The molecule has 5 heteroatoms. The van der Waals surface area contributed by atoms with Gasteiger partial charge in [0.25, 0.3) is 0 Å². The SMILES string of the molecule is Fc1ccc2nc(Cl)cnc2c1Br. The Hall–Kier alpha value is -0.740.